The molecule has 3 unspecified atom stereocenters. The Kier molecular flexibility index (Phi) is 1.93. The molecule has 1 saturated carbocycles. The summed E-state index contributed by atoms with van der Waals surface area (Å²) in [6.07, 6.45) is 6.29. The summed E-state index contributed by atoms with van der Waals surface area (Å²) in [7, 11) is 0. The number of fused-ring (bicyclic) bond motifs is 5. The highest BCUT2D eigenvalue weighted by Crippen LogP contribution is 2.46. The number of anilines is 2. The first-order valence-corrected chi connectivity index (χ1v) is 6.80. The topological polar surface area (TPSA) is 28.2 Å². The number of hydrogen-bond acceptors (Lipinski definition) is 3. The highest BCUT2D eigenvalue weighted by atomic mass is 15.3. The number of rotatable bonds is 0. The van der Waals surface area contributed by atoms with Gasteiger partial charge in [0.1, 0.15) is 0 Å². The molecule has 1 aromatic heterocycles. The third-order valence-electron chi connectivity index (χ3n) is 4.82. The normalized spacial score (nSPS) is 33.9. The fraction of sp³-hybridized carbons (Fsp3) is 0.643. The molecular formula is C14H19N3. The average Bonchev–Trinajstić information content (AvgIpc) is 2.88. The zero-order chi connectivity index (χ0) is 11.4. The van der Waals surface area contributed by atoms with E-state index in [9.17, 15) is 0 Å². The Morgan fingerprint density at radius 1 is 1.41 bits per heavy atom. The first kappa shape index (κ1) is 9.75. The van der Waals surface area contributed by atoms with Gasteiger partial charge in [-0.25, -0.2) is 4.98 Å². The Balaban J connectivity index is 1.74. The zero-order valence-electron chi connectivity index (χ0n) is 10.3. The fourth-order valence-electron chi connectivity index (χ4n) is 4.06. The van der Waals surface area contributed by atoms with Crippen molar-refractivity contribution in [3.63, 3.8) is 0 Å². The van der Waals surface area contributed by atoms with Crippen molar-refractivity contribution in [1.82, 2.24) is 4.98 Å². The summed E-state index contributed by atoms with van der Waals surface area (Å²) < 4.78 is 0. The van der Waals surface area contributed by atoms with E-state index >= 15 is 0 Å². The lowest BCUT2D eigenvalue weighted by molar-refractivity contribution is 0.428. The van der Waals surface area contributed by atoms with Crippen LogP contribution < -0.4 is 10.2 Å². The van der Waals surface area contributed by atoms with Gasteiger partial charge in [0, 0.05) is 19.3 Å². The Labute approximate surface area is 102 Å². The van der Waals surface area contributed by atoms with Gasteiger partial charge in [0.05, 0.1) is 11.7 Å². The van der Waals surface area contributed by atoms with Crippen LogP contribution in [-0.4, -0.2) is 24.1 Å². The Bertz CT molecular complexity index is 457. The van der Waals surface area contributed by atoms with E-state index in [1.807, 2.05) is 6.20 Å². The van der Waals surface area contributed by atoms with Gasteiger partial charge < -0.3 is 10.2 Å². The molecule has 3 aliphatic rings. The van der Waals surface area contributed by atoms with E-state index in [1.165, 1.54) is 42.9 Å². The molecule has 1 aromatic rings. The van der Waals surface area contributed by atoms with Gasteiger partial charge in [-0.2, -0.15) is 0 Å². The molecule has 3 atom stereocenters. The maximum absolute atomic E-state index is 4.65. The van der Waals surface area contributed by atoms with Crippen LogP contribution >= 0.6 is 0 Å². The molecule has 4 rings (SSSR count). The van der Waals surface area contributed by atoms with Gasteiger partial charge in [-0.3, -0.25) is 0 Å². The van der Waals surface area contributed by atoms with Crippen molar-refractivity contribution in [1.29, 1.82) is 0 Å². The maximum atomic E-state index is 4.65. The lowest BCUT2D eigenvalue weighted by Gasteiger charge is -2.35. The quantitative estimate of drug-likeness (QED) is 0.740. The molecule has 90 valence electrons. The molecule has 1 saturated heterocycles. The highest BCUT2D eigenvalue weighted by Gasteiger charge is 2.46. The molecule has 1 aliphatic carbocycles. The summed E-state index contributed by atoms with van der Waals surface area (Å²) in [6, 6.07) is 2.93. The summed E-state index contributed by atoms with van der Waals surface area (Å²) in [5.41, 5.74) is 2.48. The van der Waals surface area contributed by atoms with Crippen molar-refractivity contribution in [2.45, 2.75) is 32.2 Å². The molecule has 17 heavy (non-hydrogen) atoms. The Morgan fingerprint density at radius 2 is 2.35 bits per heavy atom. The van der Waals surface area contributed by atoms with Gasteiger partial charge in [0.25, 0.3) is 0 Å². The van der Waals surface area contributed by atoms with Gasteiger partial charge in [-0.1, -0.05) is 6.42 Å². The van der Waals surface area contributed by atoms with Crippen molar-refractivity contribution in [2.24, 2.45) is 11.8 Å². The Morgan fingerprint density at radius 3 is 3.29 bits per heavy atom. The predicted molar refractivity (Wildman–Crippen MR) is 69.4 cm³/mol. The SMILES string of the molecule is Cc1cnc2c(c1)NCC1C3CCCC3CN21. The molecule has 0 amide bonds. The number of nitrogens with one attached hydrogen (secondary N) is 1. The predicted octanol–water partition coefficient (Wildman–Crippen LogP) is 2.42. The third-order valence-corrected chi connectivity index (χ3v) is 4.82. The second-order valence-electron chi connectivity index (χ2n) is 5.84. The number of aryl methyl sites for hydroxylation is 1. The molecule has 3 heteroatoms. The summed E-state index contributed by atoms with van der Waals surface area (Å²) in [5.74, 6) is 3.04. The highest BCUT2D eigenvalue weighted by molar-refractivity contribution is 5.70. The molecule has 2 fully saturated rings. The van der Waals surface area contributed by atoms with Crippen molar-refractivity contribution in [3.05, 3.63) is 17.8 Å². The molecule has 0 spiro atoms. The Hall–Kier alpha value is -1.25. The van der Waals surface area contributed by atoms with E-state index in [4.69, 9.17) is 0 Å². The van der Waals surface area contributed by atoms with E-state index in [2.05, 4.69) is 28.2 Å². The van der Waals surface area contributed by atoms with Crippen LogP contribution in [0.1, 0.15) is 24.8 Å². The van der Waals surface area contributed by atoms with E-state index in [-0.39, 0.29) is 0 Å². The van der Waals surface area contributed by atoms with Crippen molar-refractivity contribution < 1.29 is 0 Å². The fourth-order valence-corrected chi connectivity index (χ4v) is 4.06. The minimum atomic E-state index is 0.699. The number of aromatic nitrogens is 1. The van der Waals surface area contributed by atoms with E-state index < -0.39 is 0 Å². The summed E-state index contributed by atoms with van der Waals surface area (Å²) in [5, 5.41) is 3.58. The number of nitrogens with zero attached hydrogens (tertiary/aromatic N) is 2. The summed E-state index contributed by atoms with van der Waals surface area (Å²) >= 11 is 0. The van der Waals surface area contributed by atoms with Crippen LogP contribution in [0, 0.1) is 18.8 Å². The number of hydrogen-bond donors (Lipinski definition) is 1. The van der Waals surface area contributed by atoms with Crippen molar-refractivity contribution in [3.8, 4) is 0 Å². The smallest absolute Gasteiger partial charge is 0.152 e. The second kappa shape index (κ2) is 3.37. The summed E-state index contributed by atoms with van der Waals surface area (Å²) in [6.45, 7) is 4.46. The third kappa shape index (κ3) is 1.31. The van der Waals surface area contributed by atoms with Gasteiger partial charge in [0.2, 0.25) is 0 Å². The molecular weight excluding hydrogens is 210 g/mol. The average molecular weight is 229 g/mol. The standard InChI is InChI=1S/C14H19N3/c1-9-5-12-14(16-6-9)17-8-10-3-2-4-11(10)13(17)7-15-12/h5-6,10-11,13,15H,2-4,7-8H2,1H3. The molecule has 0 aromatic carbocycles. The van der Waals surface area contributed by atoms with Crippen LogP contribution in [0.3, 0.4) is 0 Å². The first-order chi connectivity index (χ1) is 8.33. The van der Waals surface area contributed by atoms with Gasteiger partial charge in [-0.05, 0) is 43.2 Å². The van der Waals surface area contributed by atoms with E-state index in [0.29, 0.717) is 6.04 Å². The largest absolute Gasteiger partial charge is 0.380 e. The lowest BCUT2D eigenvalue weighted by atomic mass is 9.93. The molecule has 1 N–H and O–H groups in total. The zero-order valence-corrected chi connectivity index (χ0v) is 10.3. The van der Waals surface area contributed by atoms with Crippen LogP contribution in [-0.2, 0) is 0 Å². The van der Waals surface area contributed by atoms with Gasteiger partial charge in [-0.15, -0.1) is 0 Å². The monoisotopic (exact) mass is 229 g/mol. The minimum absolute atomic E-state index is 0.699. The summed E-state index contributed by atoms with van der Waals surface area (Å²) in [4.78, 5) is 7.22. The van der Waals surface area contributed by atoms with E-state index in [1.54, 1.807) is 0 Å². The molecule has 0 radical (unpaired) electrons. The first-order valence-electron chi connectivity index (χ1n) is 6.80. The van der Waals surface area contributed by atoms with Crippen LogP contribution in [0.2, 0.25) is 0 Å². The number of pyridine rings is 1. The molecule has 0 bridgehead atoms. The maximum Gasteiger partial charge on any atom is 0.152 e. The molecule has 3 nitrogen and oxygen atoms in total. The molecule has 2 aliphatic heterocycles. The second-order valence-corrected chi connectivity index (χ2v) is 5.84. The minimum Gasteiger partial charge on any atom is -0.380 e. The van der Waals surface area contributed by atoms with Crippen LogP contribution in [0.15, 0.2) is 12.3 Å². The lowest BCUT2D eigenvalue weighted by Crippen LogP contribution is -2.42. The molecule has 3 heterocycles. The van der Waals surface area contributed by atoms with Crippen molar-refractivity contribution >= 4 is 11.5 Å². The van der Waals surface area contributed by atoms with Crippen LogP contribution in [0.5, 0.6) is 0 Å². The van der Waals surface area contributed by atoms with Gasteiger partial charge in [0.15, 0.2) is 5.82 Å². The van der Waals surface area contributed by atoms with Crippen LogP contribution in [0.25, 0.3) is 0 Å². The van der Waals surface area contributed by atoms with E-state index in [0.717, 1.165) is 18.4 Å². The van der Waals surface area contributed by atoms with Gasteiger partial charge >= 0.3 is 0 Å². The van der Waals surface area contributed by atoms with Crippen molar-refractivity contribution in [2.75, 3.05) is 23.3 Å². The van der Waals surface area contributed by atoms with Crippen LogP contribution in [0.4, 0.5) is 11.5 Å².